The molecule has 0 aliphatic carbocycles. The van der Waals surface area contributed by atoms with Crippen LogP contribution < -0.4 is 0 Å². The molecular weight excluding hydrogens is 406 g/mol. The topological polar surface area (TPSA) is 46.6 Å². The minimum Gasteiger partial charge on any atom is -0.370 e. The Labute approximate surface area is 183 Å². The van der Waals surface area contributed by atoms with Gasteiger partial charge in [-0.3, -0.25) is 0 Å². The fraction of sp³-hybridized carbons (Fsp3) is 0.231. The number of ether oxygens (including phenoxy) is 1. The summed E-state index contributed by atoms with van der Waals surface area (Å²) in [4.78, 5) is 0.314. The van der Waals surface area contributed by atoms with Gasteiger partial charge in [0.25, 0.3) is 0 Å². The SMILES string of the molecule is Cc1ccc(S(=O)(=O)N2CC=C[C@]3(c4ccccc4)CO[C@@H](c4ccccc4)[C@H]23)cc1. The van der Waals surface area contributed by atoms with Crippen LogP contribution in [0.15, 0.2) is 102 Å². The monoisotopic (exact) mass is 431 g/mol. The molecule has 3 aromatic carbocycles. The van der Waals surface area contributed by atoms with Gasteiger partial charge in [0.15, 0.2) is 0 Å². The van der Waals surface area contributed by atoms with E-state index in [4.69, 9.17) is 4.74 Å². The molecule has 4 nitrogen and oxygen atoms in total. The number of rotatable bonds is 4. The zero-order valence-electron chi connectivity index (χ0n) is 17.4. The summed E-state index contributed by atoms with van der Waals surface area (Å²) in [6.07, 6.45) is 3.76. The van der Waals surface area contributed by atoms with E-state index in [0.717, 1.165) is 16.7 Å². The van der Waals surface area contributed by atoms with E-state index in [-0.39, 0.29) is 12.1 Å². The molecule has 0 radical (unpaired) electrons. The quantitative estimate of drug-likeness (QED) is 0.566. The van der Waals surface area contributed by atoms with Gasteiger partial charge in [-0.25, -0.2) is 8.42 Å². The summed E-state index contributed by atoms with van der Waals surface area (Å²) in [6.45, 7) is 2.70. The van der Waals surface area contributed by atoms with Crippen molar-refractivity contribution in [2.75, 3.05) is 13.2 Å². The summed E-state index contributed by atoms with van der Waals surface area (Å²) in [6, 6.07) is 26.7. The van der Waals surface area contributed by atoms with Crippen molar-refractivity contribution in [2.24, 2.45) is 0 Å². The first-order chi connectivity index (χ1) is 15.0. The van der Waals surface area contributed by atoms with Crippen LogP contribution >= 0.6 is 0 Å². The molecule has 5 heteroatoms. The Morgan fingerprint density at radius 3 is 2.23 bits per heavy atom. The molecule has 3 atom stereocenters. The van der Waals surface area contributed by atoms with Crippen molar-refractivity contribution < 1.29 is 13.2 Å². The third-order valence-corrected chi connectivity index (χ3v) is 8.26. The fourth-order valence-corrected chi connectivity index (χ4v) is 6.45. The molecule has 2 heterocycles. The lowest BCUT2D eigenvalue weighted by atomic mass is 9.72. The van der Waals surface area contributed by atoms with Crippen molar-refractivity contribution in [3.8, 4) is 0 Å². The molecule has 158 valence electrons. The van der Waals surface area contributed by atoms with Gasteiger partial charge in [-0.15, -0.1) is 0 Å². The molecule has 0 N–H and O–H groups in total. The highest BCUT2D eigenvalue weighted by Crippen LogP contribution is 2.50. The van der Waals surface area contributed by atoms with Gasteiger partial charge in [0.2, 0.25) is 10.0 Å². The Morgan fingerprint density at radius 1 is 0.903 bits per heavy atom. The Balaban J connectivity index is 1.67. The minimum absolute atomic E-state index is 0.314. The number of sulfonamides is 1. The second kappa shape index (κ2) is 7.75. The van der Waals surface area contributed by atoms with Crippen LogP contribution in [0.25, 0.3) is 0 Å². The van der Waals surface area contributed by atoms with E-state index >= 15 is 0 Å². The summed E-state index contributed by atoms with van der Waals surface area (Å²) in [5.41, 5.74) is 2.54. The first-order valence-electron chi connectivity index (χ1n) is 10.5. The fourth-order valence-electron chi connectivity index (χ4n) is 4.82. The van der Waals surface area contributed by atoms with E-state index in [1.165, 1.54) is 0 Å². The predicted molar refractivity (Wildman–Crippen MR) is 121 cm³/mol. The highest BCUT2D eigenvalue weighted by atomic mass is 32.2. The molecule has 1 fully saturated rings. The molecule has 2 aliphatic heterocycles. The zero-order chi connectivity index (χ0) is 21.5. The summed E-state index contributed by atoms with van der Waals surface area (Å²) in [5.74, 6) is 0. The summed E-state index contributed by atoms with van der Waals surface area (Å²) in [7, 11) is -3.72. The largest absolute Gasteiger partial charge is 0.370 e. The van der Waals surface area contributed by atoms with E-state index in [1.54, 1.807) is 16.4 Å². The van der Waals surface area contributed by atoms with Crippen LogP contribution in [0.4, 0.5) is 0 Å². The Bertz CT molecular complexity index is 1190. The zero-order valence-corrected chi connectivity index (χ0v) is 18.2. The Morgan fingerprint density at radius 2 is 1.55 bits per heavy atom. The van der Waals surface area contributed by atoms with Gasteiger partial charge in [-0.2, -0.15) is 4.31 Å². The standard InChI is InChI=1S/C26H25NO3S/c1-20-13-15-23(16-14-20)31(28,29)27-18-8-17-26(22-11-6-3-7-12-22)19-30-24(25(26)27)21-9-4-2-5-10-21/h2-17,24-25H,18-19H2,1H3/t24-,25-,26+/m0/s1. The van der Waals surface area contributed by atoms with Crippen molar-refractivity contribution in [3.63, 3.8) is 0 Å². The van der Waals surface area contributed by atoms with Crippen LogP contribution in [0.1, 0.15) is 22.8 Å². The van der Waals surface area contributed by atoms with Crippen molar-refractivity contribution in [1.82, 2.24) is 4.31 Å². The first kappa shape index (κ1) is 20.2. The van der Waals surface area contributed by atoms with E-state index in [2.05, 4.69) is 18.2 Å². The molecule has 0 spiro atoms. The average molecular weight is 432 g/mol. The molecule has 0 bridgehead atoms. The molecular formula is C26H25NO3S. The molecule has 2 aliphatic rings. The number of nitrogens with zero attached hydrogens (tertiary/aromatic N) is 1. The van der Waals surface area contributed by atoms with Crippen molar-refractivity contribution in [3.05, 3.63) is 114 Å². The van der Waals surface area contributed by atoms with Gasteiger partial charge < -0.3 is 4.74 Å². The van der Waals surface area contributed by atoms with Gasteiger partial charge in [0, 0.05) is 6.54 Å². The third-order valence-electron chi connectivity index (χ3n) is 6.39. The lowest BCUT2D eigenvalue weighted by Gasteiger charge is -2.43. The molecule has 0 aromatic heterocycles. The maximum absolute atomic E-state index is 13.8. The molecule has 1 saturated heterocycles. The van der Waals surface area contributed by atoms with Crippen LogP contribution in [0.5, 0.6) is 0 Å². The highest BCUT2D eigenvalue weighted by Gasteiger charge is 2.56. The second-order valence-corrected chi connectivity index (χ2v) is 10.2. The number of benzene rings is 3. The number of hydrogen-bond acceptors (Lipinski definition) is 3. The van der Waals surface area contributed by atoms with Gasteiger partial charge in [-0.05, 0) is 30.2 Å². The number of hydrogen-bond donors (Lipinski definition) is 0. The van der Waals surface area contributed by atoms with Gasteiger partial charge in [0.05, 0.1) is 23.0 Å². The molecule has 0 amide bonds. The summed E-state index contributed by atoms with van der Waals surface area (Å²) in [5, 5.41) is 0. The normalized spacial score (nSPS) is 26.0. The van der Waals surface area contributed by atoms with Crippen LogP contribution in [-0.4, -0.2) is 31.9 Å². The number of fused-ring (bicyclic) bond motifs is 1. The minimum atomic E-state index is -3.72. The van der Waals surface area contributed by atoms with E-state index in [1.807, 2.05) is 73.7 Å². The van der Waals surface area contributed by atoms with Gasteiger partial charge in [0.1, 0.15) is 6.10 Å². The third kappa shape index (κ3) is 3.33. The van der Waals surface area contributed by atoms with Crippen LogP contribution in [-0.2, 0) is 20.2 Å². The average Bonchev–Trinajstić information content (AvgIpc) is 3.21. The predicted octanol–water partition coefficient (Wildman–Crippen LogP) is 4.63. The first-order valence-corrected chi connectivity index (χ1v) is 11.9. The number of aryl methyl sites for hydroxylation is 1. The van der Waals surface area contributed by atoms with Crippen LogP contribution in [0, 0.1) is 6.92 Å². The summed E-state index contributed by atoms with van der Waals surface area (Å²) >= 11 is 0. The Kier molecular flexibility index (Phi) is 5.05. The smallest absolute Gasteiger partial charge is 0.243 e. The lowest BCUT2D eigenvalue weighted by molar-refractivity contribution is 0.0852. The second-order valence-electron chi connectivity index (χ2n) is 8.28. The van der Waals surface area contributed by atoms with Crippen LogP contribution in [0.3, 0.4) is 0 Å². The lowest BCUT2D eigenvalue weighted by Crippen LogP contribution is -2.54. The van der Waals surface area contributed by atoms with Crippen molar-refractivity contribution in [1.29, 1.82) is 0 Å². The molecule has 3 aromatic rings. The summed E-state index contributed by atoms with van der Waals surface area (Å²) < 4.78 is 35.7. The maximum Gasteiger partial charge on any atom is 0.243 e. The molecule has 5 rings (SSSR count). The highest BCUT2D eigenvalue weighted by molar-refractivity contribution is 7.89. The van der Waals surface area contributed by atoms with Crippen LogP contribution in [0.2, 0.25) is 0 Å². The van der Waals surface area contributed by atoms with E-state index in [9.17, 15) is 8.42 Å². The van der Waals surface area contributed by atoms with E-state index in [0.29, 0.717) is 18.0 Å². The van der Waals surface area contributed by atoms with Crippen molar-refractivity contribution in [2.45, 2.75) is 29.4 Å². The van der Waals surface area contributed by atoms with E-state index < -0.39 is 15.4 Å². The maximum atomic E-state index is 13.8. The van der Waals surface area contributed by atoms with Gasteiger partial charge >= 0.3 is 0 Å². The molecule has 0 unspecified atom stereocenters. The molecule has 0 saturated carbocycles. The molecule has 31 heavy (non-hydrogen) atoms. The van der Waals surface area contributed by atoms with Crippen molar-refractivity contribution >= 4 is 10.0 Å². The van der Waals surface area contributed by atoms with Gasteiger partial charge in [-0.1, -0.05) is 90.5 Å². The Hall–Kier alpha value is -2.73.